The highest BCUT2D eigenvalue weighted by Gasteiger charge is 2.27. The van der Waals surface area contributed by atoms with E-state index in [-0.39, 0.29) is 28.9 Å². The van der Waals surface area contributed by atoms with E-state index in [4.69, 9.17) is 5.84 Å². The molecule has 21 heavy (non-hydrogen) atoms. The molecule has 114 valence electrons. The summed E-state index contributed by atoms with van der Waals surface area (Å²) in [4.78, 5) is 24.7. The highest BCUT2D eigenvalue weighted by Crippen LogP contribution is 2.30. The molecule has 1 aromatic carbocycles. The van der Waals surface area contributed by atoms with Gasteiger partial charge in [0.2, 0.25) is 0 Å². The van der Waals surface area contributed by atoms with E-state index in [1.807, 2.05) is 0 Å². The largest absolute Gasteiger partial charge is 0.339 e. The van der Waals surface area contributed by atoms with E-state index in [1.165, 1.54) is 18.6 Å². The summed E-state index contributed by atoms with van der Waals surface area (Å²) in [7, 11) is 1.75. The van der Waals surface area contributed by atoms with Gasteiger partial charge in [0.1, 0.15) is 5.69 Å². The zero-order chi connectivity index (χ0) is 15.4. The summed E-state index contributed by atoms with van der Waals surface area (Å²) in [5.74, 6) is 5.14. The third-order valence-electron chi connectivity index (χ3n) is 4.06. The zero-order valence-corrected chi connectivity index (χ0v) is 12.0. The average Bonchev–Trinajstić information content (AvgIpc) is 2.53. The van der Waals surface area contributed by atoms with Crippen LogP contribution in [0.25, 0.3) is 0 Å². The molecule has 0 unspecified atom stereocenters. The van der Waals surface area contributed by atoms with Gasteiger partial charge in [-0.15, -0.1) is 0 Å². The predicted octanol–water partition coefficient (Wildman–Crippen LogP) is 2.29. The first-order valence-electron chi connectivity index (χ1n) is 7.07. The van der Waals surface area contributed by atoms with Gasteiger partial charge in [-0.25, -0.2) is 0 Å². The van der Waals surface area contributed by atoms with Crippen LogP contribution >= 0.6 is 0 Å². The normalized spacial score (nSPS) is 15.5. The summed E-state index contributed by atoms with van der Waals surface area (Å²) in [5.41, 5.74) is 2.40. The quantitative estimate of drug-likeness (QED) is 0.503. The molecule has 0 aromatic heterocycles. The van der Waals surface area contributed by atoms with Gasteiger partial charge in [0.05, 0.1) is 10.5 Å². The first-order valence-corrected chi connectivity index (χ1v) is 7.07. The molecule has 0 radical (unpaired) electrons. The predicted molar refractivity (Wildman–Crippen MR) is 79.9 cm³/mol. The molecule has 0 atom stereocenters. The van der Waals surface area contributed by atoms with Gasteiger partial charge >= 0.3 is 0 Å². The van der Waals surface area contributed by atoms with E-state index in [1.54, 1.807) is 18.0 Å². The average molecular weight is 292 g/mol. The van der Waals surface area contributed by atoms with Crippen molar-refractivity contribution < 1.29 is 9.72 Å². The van der Waals surface area contributed by atoms with Crippen molar-refractivity contribution in [3.63, 3.8) is 0 Å². The molecule has 7 nitrogen and oxygen atoms in total. The Labute approximate surface area is 123 Å². The number of benzene rings is 1. The van der Waals surface area contributed by atoms with E-state index >= 15 is 0 Å². The van der Waals surface area contributed by atoms with Crippen molar-refractivity contribution in [2.75, 3.05) is 12.5 Å². The number of nitro groups is 1. The van der Waals surface area contributed by atoms with Crippen molar-refractivity contribution in [1.82, 2.24) is 4.90 Å². The maximum absolute atomic E-state index is 12.6. The smallest absolute Gasteiger partial charge is 0.294 e. The number of rotatable bonds is 4. The fourth-order valence-electron chi connectivity index (χ4n) is 2.85. The number of carbonyl (C=O) groups is 1. The van der Waals surface area contributed by atoms with Crippen LogP contribution in [0.3, 0.4) is 0 Å². The van der Waals surface area contributed by atoms with Crippen LogP contribution in [0.15, 0.2) is 18.2 Å². The molecule has 1 amide bonds. The number of carbonyl (C=O) groups excluding carboxylic acids is 1. The lowest BCUT2D eigenvalue weighted by atomic mass is 9.94. The molecule has 3 N–H and O–H groups in total. The summed E-state index contributed by atoms with van der Waals surface area (Å²) in [6.07, 6.45) is 5.37. The highest BCUT2D eigenvalue weighted by atomic mass is 16.6. The van der Waals surface area contributed by atoms with Crippen molar-refractivity contribution in [2.24, 2.45) is 5.84 Å². The number of nitrogens with one attached hydrogen (secondary N) is 1. The fraction of sp³-hybridized carbons (Fsp3) is 0.500. The van der Waals surface area contributed by atoms with Gasteiger partial charge in [-0.1, -0.05) is 25.3 Å². The molecule has 0 spiro atoms. The third-order valence-corrected chi connectivity index (χ3v) is 4.06. The Balaban J connectivity index is 2.29. The highest BCUT2D eigenvalue weighted by molar-refractivity contribution is 6.01. The van der Waals surface area contributed by atoms with Crippen molar-refractivity contribution in [3.8, 4) is 0 Å². The lowest BCUT2D eigenvalue weighted by Crippen LogP contribution is -2.38. The van der Waals surface area contributed by atoms with Gasteiger partial charge in [-0.05, 0) is 18.9 Å². The van der Waals surface area contributed by atoms with Crippen molar-refractivity contribution >= 4 is 17.3 Å². The van der Waals surface area contributed by atoms with Gasteiger partial charge < -0.3 is 10.3 Å². The molecule has 0 bridgehead atoms. The second-order valence-corrected chi connectivity index (χ2v) is 5.31. The number of nitrogens with zero attached hydrogens (tertiary/aromatic N) is 2. The molecule has 1 aromatic rings. The number of para-hydroxylation sites is 1. The van der Waals surface area contributed by atoms with Crippen molar-refractivity contribution in [2.45, 2.75) is 38.1 Å². The molecule has 1 saturated carbocycles. The Morgan fingerprint density at radius 2 is 2.05 bits per heavy atom. The Morgan fingerprint density at radius 1 is 1.38 bits per heavy atom. The number of nitro benzene ring substituents is 1. The van der Waals surface area contributed by atoms with Gasteiger partial charge in [0, 0.05) is 19.2 Å². The summed E-state index contributed by atoms with van der Waals surface area (Å²) in [6, 6.07) is 4.58. The summed E-state index contributed by atoms with van der Waals surface area (Å²) < 4.78 is 0. The molecular formula is C14H20N4O3. The maximum Gasteiger partial charge on any atom is 0.294 e. The lowest BCUT2D eigenvalue weighted by Gasteiger charge is -2.31. The van der Waals surface area contributed by atoms with Gasteiger partial charge in [0.15, 0.2) is 0 Å². The van der Waals surface area contributed by atoms with Crippen LogP contribution in [-0.4, -0.2) is 28.8 Å². The summed E-state index contributed by atoms with van der Waals surface area (Å²) in [6.45, 7) is 0. The second-order valence-electron chi connectivity index (χ2n) is 5.31. The first-order chi connectivity index (χ1) is 10.1. The Bertz CT molecular complexity index is 541. The molecule has 7 heteroatoms. The topological polar surface area (TPSA) is 102 Å². The summed E-state index contributed by atoms with van der Waals surface area (Å²) in [5, 5.41) is 11.0. The fourth-order valence-corrected chi connectivity index (χ4v) is 2.85. The van der Waals surface area contributed by atoms with E-state index in [0.29, 0.717) is 0 Å². The first kappa shape index (κ1) is 15.2. The molecule has 1 aliphatic carbocycles. The molecule has 0 saturated heterocycles. The monoisotopic (exact) mass is 292 g/mol. The SMILES string of the molecule is CN(C(=O)c1cccc([N+](=O)[O-])c1NN)C1CCCCC1. The Morgan fingerprint density at radius 3 is 2.62 bits per heavy atom. The molecule has 0 aliphatic heterocycles. The number of nitrogen functional groups attached to an aromatic ring is 1. The number of nitrogens with two attached hydrogens (primary N) is 1. The van der Waals surface area contributed by atoms with E-state index < -0.39 is 4.92 Å². The van der Waals surface area contributed by atoms with Gasteiger partial charge in [-0.2, -0.15) is 0 Å². The van der Waals surface area contributed by atoms with E-state index in [9.17, 15) is 14.9 Å². The third kappa shape index (κ3) is 3.13. The zero-order valence-electron chi connectivity index (χ0n) is 12.0. The minimum atomic E-state index is -0.549. The maximum atomic E-state index is 12.6. The van der Waals surface area contributed by atoms with E-state index in [2.05, 4.69) is 5.43 Å². The van der Waals surface area contributed by atoms with Crippen LogP contribution in [0.5, 0.6) is 0 Å². The number of hydrazine groups is 1. The lowest BCUT2D eigenvalue weighted by molar-refractivity contribution is -0.384. The van der Waals surface area contributed by atoms with Crippen LogP contribution in [0.4, 0.5) is 11.4 Å². The standard InChI is InChI=1S/C14H20N4O3/c1-17(10-6-3-2-4-7-10)14(19)11-8-5-9-12(18(20)21)13(11)16-15/h5,8-10,16H,2-4,6-7,15H2,1H3. The Hall–Kier alpha value is -2.15. The molecule has 1 fully saturated rings. The minimum absolute atomic E-state index is 0.0650. The number of hydrogen-bond donors (Lipinski definition) is 2. The van der Waals surface area contributed by atoms with Crippen LogP contribution in [0.1, 0.15) is 42.5 Å². The minimum Gasteiger partial charge on any atom is -0.339 e. The number of anilines is 1. The molecule has 0 heterocycles. The van der Waals surface area contributed by atoms with Crippen LogP contribution in [0.2, 0.25) is 0 Å². The van der Waals surface area contributed by atoms with Crippen LogP contribution in [-0.2, 0) is 0 Å². The van der Waals surface area contributed by atoms with Gasteiger partial charge in [-0.3, -0.25) is 20.8 Å². The molecular weight excluding hydrogens is 272 g/mol. The Kier molecular flexibility index (Phi) is 4.74. The van der Waals surface area contributed by atoms with E-state index in [0.717, 1.165) is 25.7 Å². The summed E-state index contributed by atoms with van der Waals surface area (Å²) >= 11 is 0. The second kappa shape index (κ2) is 6.53. The van der Waals surface area contributed by atoms with Gasteiger partial charge in [0.25, 0.3) is 11.6 Å². The molecule has 2 rings (SSSR count). The van der Waals surface area contributed by atoms with Crippen LogP contribution < -0.4 is 11.3 Å². The number of amides is 1. The van der Waals surface area contributed by atoms with Crippen molar-refractivity contribution in [1.29, 1.82) is 0 Å². The van der Waals surface area contributed by atoms with Crippen LogP contribution in [0, 0.1) is 10.1 Å². The molecule has 1 aliphatic rings. The van der Waals surface area contributed by atoms with Crippen molar-refractivity contribution in [3.05, 3.63) is 33.9 Å². The number of hydrogen-bond acceptors (Lipinski definition) is 5.